The summed E-state index contributed by atoms with van der Waals surface area (Å²) in [5, 5.41) is 3.59. The standard InChI is InChI=1S/C12H23NO/c1-3-6-12(13-8-4-2)11-7-5-9-14-10-11/h3,11-13H,1,4-10H2,2H3. The lowest BCUT2D eigenvalue weighted by molar-refractivity contribution is 0.0397. The van der Waals surface area contributed by atoms with Crippen LogP contribution in [0.1, 0.15) is 32.6 Å². The Bertz CT molecular complexity index is 152. The topological polar surface area (TPSA) is 21.3 Å². The van der Waals surface area contributed by atoms with Crippen LogP contribution in [0.4, 0.5) is 0 Å². The zero-order valence-electron chi connectivity index (χ0n) is 9.30. The van der Waals surface area contributed by atoms with Crippen molar-refractivity contribution in [2.24, 2.45) is 5.92 Å². The summed E-state index contributed by atoms with van der Waals surface area (Å²) in [6, 6.07) is 0.577. The van der Waals surface area contributed by atoms with E-state index < -0.39 is 0 Å². The third-order valence-electron chi connectivity index (χ3n) is 2.84. The van der Waals surface area contributed by atoms with E-state index in [9.17, 15) is 0 Å². The lowest BCUT2D eigenvalue weighted by Gasteiger charge is -2.30. The number of rotatable bonds is 6. The molecule has 0 aromatic rings. The summed E-state index contributed by atoms with van der Waals surface area (Å²) in [6.45, 7) is 9.01. The minimum absolute atomic E-state index is 0.577. The van der Waals surface area contributed by atoms with Gasteiger partial charge in [-0.05, 0) is 38.1 Å². The number of hydrogen-bond donors (Lipinski definition) is 1. The molecule has 1 N–H and O–H groups in total. The Morgan fingerprint density at radius 3 is 3.07 bits per heavy atom. The van der Waals surface area contributed by atoms with Gasteiger partial charge in [0.2, 0.25) is 0 Å². The van der Waals surface area contributed by atoms with Crippen LogP contribution in [0.5, 0.6) is 0 Å². The lowest BCUT2D eigenvalue weighted by Crippen LogP contribution is -2.40. The molecular formula is C12H23NO. The summed E-state index contributed by atoms with van der Waals surface area (Å²) in [4.78, 5) is 0. The van der Waals surface area contributed by atoms with Crippen LogP contribution in [-0.4, -0.2) is 25.8 Å². The van der Waals surface area contributed by atoms with E-state index in [0.717, 1.165) is 26.2 Å². The zero-order valence-corrected chi connectivity index (χ0v) is 9.30. The van der Waals surface area contributed by atoms with Crippen LogP contribution in [0, 0.1) is 5.92 Å². The Kier molecular flexibility index (Phi) is 5.88. The molecule has 0 aromatic carbocycles. The van der Waals surface area contributed by atoms with E-state index in [4.69, 9.17) is 4.74 Å². The van der Waals surface area contributed by atoms with Crippen molar-refractivity contribution in [1.82, 2.24) is 5.32 Å². The largest absolute Gasteiger partial charge is 0.381 e. The number of nitrogens with one attached hydrogen (secondary N) is 1. The Balaban J connectivity index is 2.34. The molecule has 2 heteroatoms. The van der Waals surface area contributed by atoms with Gasteiger partial charge in [-0.15, -0.1) is 6.58 Å². The van der Waals surface area contributed by atoms with Gasteiger partial charge in [-0.2, -0.15) is 0 Å². The highest BCUT2D eigenvalue weighted by Crippen LogP contribution is 2.19. The first kappa shape index (κ1) is 11.7. The Morgan fingerprint density at radius 1 is 1.64 bits per heavy atom. The maximum absolute atomic E-state index is 5.52. The predicted octanol–water partition coefficient (Wildman–Crippen LogP) is 2.36. The van der Waals surface area contributed by atoms with Crippen LogP contribution in [0.2, 0.25) is 0 Å². The van der Waals surface area contributed by atoms with Gasteiger partial charge in [0.05, 0.1) is 6.61 Å². The molecule has 14 heavy (non-hydrogen) atoms. The van der Waals surface area contributed by atoms with Crippen molar-refractivity contribution < 1.29 is 4.74 Å². The summed E-state index contributed by atoms with van der Waals surface area (Å²) in [7, 11) is 0. The highest BCUT2D eigenvalue weighted by Gasteiger charge is 2.22. The van der Waals surface area contributed by atoms with Gasteiger partial charge >= 0.3 is 0 Å². The molecule has 0 amide bonds. The molecule has 1 heterocycles. The summed E-state index contributed by atoms with van der Waals surface area (Å²) < 4.78 is 5.52. The summed E-state index contributed by atoms with van der Waals surface area (Å²) in [6.07, 6.45) is 6.79. The number of ether oxygens (including phenoxy) is 1. The van der Waals surface area contributed by atoms with Crippen molar-refractivity contribution in [2.75, 3.05) is 19.8 Å². The normalized spacial score (nSPS) is 24.5. The second kappa shape index (κ2) is 7.02. The highest BCUT2D eigenvalue weighted by molar-refractivity contribution is 4.84. The van der Waals surface area contributed by atoms with E-state index in [0.29, 0.717) is 12.0 Å². The zero-order chi connectivity index (χ0) is 10.2. The monoisotopic (exact) mass is 197 g/mol. The maximum Gasteiger partial charge on any atom is 0.0509 e. The first-order valence-corrected chi connectivity index (χ1v) is 5.80. The minimum atomic E-state index is 0.577. The van der Waals surface area contributed by atoms with Crippen LogP contribution in [-0.2, 0) is 4.74 Å². The van der Waals surface area contributed by atoms with E-state index >= 15 is 0 Å². The van der Waals surface area contributed by atoms with Crippen LogP contribution >= 0.6 is 0 Å². The molecule has 82 valence electrons. The minimum Gasteiger partial charge on any atom is -0.381 e. The van der Waals surface area contributed by atoms with Gasteiger partial charge in [0, 0.05) is 12.6 Å². The smallest absolute Gasteiger partial charge is 0.0509 e. The molecule has 1 fully saturated rings. The second-order valence-electron chi connectivity index (χ2n) is 4.06. The fourth-order valence-electron chi connectivity index (χ4n) is 2.03. The Hall–Kier alpha value is -0.340. The van der Waals surface area contributed by atoms with Crippen molar-refractivity contribution in [3.05, 3.63) is 12.7 Å². The van der Waals surface area contributed by atoms with Crippen molar-refractivity contribution in [1.29, 1.82) is 0 Å². The summed E-state index contributed by atoms with van der Waals surface area (Å²) in [5.74, 6) is 0.688. The average Bonchev–Trinajstić information content (AvgIpc) is 2.25. The SMILES string of the molecule is C=CCC(NCCC)C1CCCOC1. The molecule has 0 aromatic heterocycles. The van der Waals surface area contributed by atoms with E-state index in [1.807, 2.05) is 6.08 Å². The van der Waals surface area contributed by atoms with Crippen molar-refractivity contribution in [3.8, 4) is 0 Å². The molecule has 1 rings (SSSR count). The van der Waals surface area contributed by atoms with E-state index in [2.05, 4.69) is 18.8 Å². The first-order chi connectivity index (χ1) is 6.88. The molecule has 0 spiro atoms. The van der Waals surface area contributed by atoms with Crippen molar-refractivity contribution in [3.63, 3.8) is 0 Å². The molecule has 2 atom stereocenters. The number of hydrogen-bond acceptors (Lipinski definition) is 2. The van der Waals surface area contributed by atoms with Gasteiger partial charge in [0.1, 0.15) is 0 Å². The molecule has 0 radical (unpaired) electrons. The molecule has 1 aliphatic heterocycles. The average molecular weight is 197 g/mol. The van der Waals surface area contributed by atoms with E-state index in [-0.39, 0.29) is 0 Å². The molecule has 2 unspecified atom stereocenters. The van der Waals surface area contributed by atoms with Gasteiger partial charge in [0.25, 0.3) is 0 Å². The van der Waals surface area contributed by atoms with Gasteiger partial charge in [-0.1, -0.05) is 13.0 Å². The van der Waals surface area contributed by atoms with Gasteiger partial charge in [0.15, 0.2) is 0 Å². The fourth-order valence-corrected chi connectivity index (χ4v) is 2.03. The maximum atomic E-state index is 5.52. The third-order valence-corrected chi connectivity index (χ3v) is 2.84. The summed E-state index contributed by atoms with van der Waals surface area (Å²) >= 11 is 0. The highest BCUT2D eigenvalue weighted by atomic mass is 16.5. The lowest BCUT2D eigenvalue weighted by atomic mass is 9.91. The molecule has 1 saturated heterocycles. The fraction of sp³-hybridized carbons (Fsp3) is 0.833. The van der Waals surface area contributed by atoms with Crippen LogP contribution < -0.4 is 5.32 Å². The first-order valence-electron chi connectivity index (χ1n) is 5.80. The van der Waals surface area contributed by atoms with E-state index in [1.54, 1.807) is 0 Å². The molecule has 2 nitrogen and oxygen atoms in total. The molecule has 0 saturated carbocycles. The second-order valence-corrected chi connectivity index (χ2v) is 4.06. The molecular weight excluding hydrogens is 174 g/mol. The van der Waals surface area contributed by atoms with Crippen molar-refractivity contribution in [2.45, 2.75) is 38.6 Å². The molecule has 0 aliphatic carbocycles. The van der Waals surface area contributed by atoms with Crippen LogP contribution in [0.15, 0.2) is 12.7 Å². The summed E-state index contributed by atoms with van der Waals surface area (Å²) in [5.41, 5.74) is 0. The third kappa shape index (κ3) is 3.81. The van der Waals surface area contributed by atoms with Crippen LogP contribution in [0.25, 0.3) is 0 Å². The Labute approximate surface area is 87.7 Å². The van der Waals surface area contributed by atoms with Crippen LogP contribution in [0.3, 0.4) is 0 Å². The predicted molar refractivity (Wildman–Crippen MR) is 60.4 cm³/mol. The quantitative estimate of drug-likeness (QED) is 0.660. The molecule has 0 bridgehead atoms. The van der Waals surface area contributed by atoms with Crippen molar-refractivity contribution >= 4 is 0 Å². The van der Waals surface area contributed by atoms with Gasteiger partial charge in [-0.3, -0.25) is 0 Å². The van der Waals surface area contributed by atoms with Gasteiger partial charge in [-0.25, -0.2) is 0 Å². The molecule has 1 aliphatic rings. The van der Waals surface area contributed by atoms with Gasteiger partial charge < -0.3 is 10.1 Å². The van der Waals surface area contributed by atoms with E-state index in [1.165, 1.54) is 19.3 Å². The Morgan fingerprint density at radius 2 is 2.50 bits per heavy atom.